The van der Waals surface area contributed by atoms with Crippen molar-refractivity contribution in [1.29, 1.82) is 0 Å². The Balaban J connectivity index is 2.34. The average Bonchev–Trinajstić information content (AvgIpc) is 2.91. The first kappa shape index (κ1) is 19.2. The summed E-state index contributed by atoms with van der Waals surface area (Å²) in [5.41, 5.74) is 0.805. The number of rotatable bonds is 5. The van der Waals surface area contributed by atoms with Crippen LogP contribution >= 0.6 is 15.9 Å². The quantitative estimate of drug-likeness (QED) is 0.186. The van der Waals surface area contributed by atoms with Gasteiger partial charge in [0.2, 0.25) is 0 Å². The van der Waals surface area contributed by atoms with Gasteiger partial charge in [0.1, 0.15) is 0 Å². The number of fused-ring (bicyclic) bond motifs is 1. The molecule has 0 aromatic heterocycles. The Labute approximate surface area is 162 Å². The van der Waals surface area contributed by atoms with Gasteiger partial charge in [-0.1, -0.05) is 21.9 Å². The van der Waals surface area contributed by atoms with Crippen LogP contribution < -0.4 is 10.2 Å². The number of alkyl halides is 1. The smallest absolute Gasteiger partial charge is 0.272 e. The van der Waals surface area contributed by atoms with Crippen molar-refractivity contribution in [2.24, 2.45) is 0 Å². The third-order valence-electron chi connectivity index (χ3n) is 4.54. The van der Waals surface area contributed by atoms with Gasteiger partial charge in [0, 0.05) is 50.2 Å². The number of halogens is 1. The Bertz CT molecular complexity index is 901. The van der Waals surface area contributed by atoms with E-state index in [0.29, 0.717) is 59.2 Å². The SMILES string of the molecule is [B]CC1=S(=O)(N2CCNCC2)c2cc([N+](=O)[O-])cc(C#C)c2N1CCBr. The van der Waals surface area contributed by atoms with Crippen molar-refractivity contribution in [2.45, 2.75) is 11.2 Å². The maximum atomic E-state index is 14.3. The molecule has 1 N–H and O–H groups in total. The number of nitrogens with one attached hydrogen (secondary N) is 1. The van der Waals surface area contributed by atoms with Gasteiger partial charge in [-0.2, -0.15) is 0 Å². The molecule has 1 unspecified atom stereocenters. The zero-order valence-electron chi connectivity index (χ0n) is 14.1. The zero-order chi connectivity index (χ0) is 18.9. The minimum atomic E-state index is -2.88. The Kier molecular flexibility index (Phi) is 5.62. The van der Waals surface area contributed by atoms with Crippen molar-refractivity contribution in [3.63, 3.8) is 0 Å². The van der Waals surface area contributed by atoms with Crippen LogP contribution in [0.15, 0.2) is 17.0 Å². The number of nitrogens with zero attached hydrogens (tertiary/aromatic N) is 3. The topological polar surface area (TPSA) is 78.7 Å². The van der Waals surface area contributed by atoms with Crippen LogP contribution in [0.25, 0.3) is 0 Å². The molecule has 1 aromatic carbocycles. The Morgan fingerprint density at radius 3 is 2.65 bits per heavy atom. The summed E-state index contributed by atoms with van der Waals surface area (Å²) in [4.78, 5) is 13.7. The number of piperazine rings is 1. The molecule has 26 heavy (non-hydrogen) atoms. The van der Waals surface area contributed by atoms with Crippen LogP contribution in [0.2, 0.25) is 6.32 Å². The van der Waals surface area contributed by atoms with Crippen LogP contribution in [-0.2, 0) is 9.71 Å². The summed E-state index contributed by atoms with van der Waals surface area (Å²) in [7, 11) is 3.13. The van der Waals surface area contributed by atoms with E-state index >= 15 is 0 Å². The van der Waals surface area contributed by atoms with Gasteiger partial charge in [0.05, 0.1) is 43.6 Å². The van der Waals surface area contributed by atoms with Gasteiger partial charge in [0.25, 0.3) is 5.69 Å². The molecule has 1 saturated heterocycles. The number of hydrogen-bond acceptors (Lipinski definition) is 5. The summed E-state index contributed by atoms with van der Waals surface area (Å²) in [5.74, 6) is 2.52. The predicted octanol–water partition coefficient (Wildman–Crippen LogP) is 0.971. The highest BCUT2D eigenvalue weighted by Gasteiger charge is 2.40. The number of hydrogen-bond donors (Lipinski definition) is 1. The number of nitro groups is 1. The molecule has 2 radical (unpaired) electrons. The summed E-state index contributed by atoms with van der Waals surface area (Å²) < 4.78 is 16.2. The van der Waals surface area contributed by atoms with E-state index in [9.17, 15) is 14.3 Å². The second-order valence-corrected chi connectivity index (χ2v) is 9.16. The van der Waals surface area contributed by atoms with Crippen LogP contribution in [-0.4, -0.2) is 64.3 Å². The van der Waals surface area contributed by atoms with E-state index in [4.69, 9.17) is 14.3 Å². The Hall–Kier alpha value is -1.54. The second-order valence-electron chi connectivity index (χ2n) is 5.88. The van der Waals surface area contributed by atoms with E-state index in [1.54, 1.807) is 0 Å². The fourth-order valence-corrected chi connectivity index (χ4v) is 6.78. The first-order valence-corrected chi connectivity index (χ1v) is 10.8. The third-order valence-corrected chi connectivity index (χ3v) is 7.92. The summed E-state index contributed by atoms with van der Waals surface area (Å²) in [6.45, 7) is 3.05. The molecule has 0 amide bonds. The van der Waals surface area contributed by atoms with E-state index in [1.165, 1.54) is 12.1 Å². The van der Waals surface area contributed by atoms with Gasteiger partial charge in [0.15, 0.2) is 0 Å². The molecule has 10 heteroatoms. The molecule has 136 valence electrons. The van der Waals surface area contributed by atoms with Gasteiger partial charge in [-0.05, 0) is 6.32 Å². The number of benzene rings is 1. The Morgan fingerprint density at radius 1 is 1.42 bits per heavy atom. The van der Waals surface area contributed by atoms with Gasteiger partial charge >= 0.3 is 0 Å². The van der Waals surface area contributed by atoms with Gasteiger partial charge < -0.3 is 10.2 Å². The lowest BCUT2D eigenvalue weighted by Gasteiger charge is -2.31. The van der Waals surface area contributed by atoms with Crippen LogP contribution in [0.4, 0.5) is 11.4 Å². The fourth-order valence-electron chi connectivity index (χ4n) is 3.43. The summed E-state index contributed by atoms with van der Waals surface area (Å²) >= 11 is 3.41. The highest BCUT2D eigenvalue weighted by Crippen LogP contribution is 2.42. The van der Waals surface area contributed by atoms with Gasteiger partial charge in [-0.25, -0.2) is 8.51 Å². The maximum absolute atomic E-state index is 14.3. The molecular formula is C16H18BBrN4O3S. The van der Waals surface area contributed by atoms with Crippen molar-refractivity contribution < 1.29 is 9.13 Å². The molecule has 2 heterocycles. The second kappa shape index (κ2) is 7.60. The van der Waals surface area contributed by atoms with Crippen molar-refractivity contribution >= 4 is 49.8 Å². The van der Waals surface area contributed by atoms with E-state index < -0.39 is 14.6 Å². The monoisotopic (exact) mass is 436 g/mol. The molecule has 1 atom stereocenters. The lowest BCUT2D eigenvalue weighted by atomic mass is 10.0. The maximum Gasteiger partial charge on any atom is 0.272 e. The Morgan fingerprint density at radius 2 is 2.12 bits per heavy atom. The third kappa shape index (κ3) is 2.93. The van der Waals surface area contributed by atoms with Crippen LogP contribution in [0.1, 0.15) is 5.56 Å². The zero-order valence-corrected chi connectivity index (χ0v) is 16.5. The van der Waals surface area contributed by atoms with Gasteiger partial charge in [-0.15, -0.1) is 6.42 Å². The number of terminal acetylenes is 1. The average molecular weight is 437 g/mol. The molecule has 2 aliphatic heterocycles. The first-order valence-electron chi connectivity index (χ1n) is 8.17. The normalized spacial score (nSPS) is 22.9. The van der Waals surface area contributed by atoms with E-state index in [0.717, 1.165) is 0 Å². The highest BCUT2D eigenvalue weighted by atomic mass is 79.9. The van der Waals surface area contributed by atoms with Gasteiger partial charge in [-0.3, -0.25) is 10.1 Å². The molecule has 7 nitrogen and oxygen atoms in total. The van der Waals surface area contributed by atoms with E-state index in [-0.39, 0.29) is 12.0 Å². The molecule has 3 rings (SSSR count). The van der Waals surface area contributed by atoms with E-state index in [2.05, 4.69) is 27.2 Å². The standard InChI is InChI=1S/C16H18BBrN4O3S/c1-2-12-9-13(22(23)24)10-14-16(12)21(6-3-18)15(11-17)26(14,25)20-7-4-19-5-8-20/h1,9-10,19H,3-8,11H2. The van der Waals surface area contributed by atoms with Crippen molar-refractivity contribution in [3.05, 3.63) is 27.8 Å². The molecule has 0 saturated carbocycles. The van der Waals surface area contributed by atoms with Crippen molar-refractivity contribution in [3.8, 4) is 12.3 Å². The molecule has 0 spiro atoms. The summed E-state index contributed by atoms with van der Waals surface area (Å²) in [5, 5.41) is 15.2. The number of non-ortho nitro benzene ring substituents is 1. The molecule has 0 aliphatic carbocycles. The van der Waals surface area contributed by atoms with Crippen molar-refractivity contribution in [1.82, 2.24) is 9.62 Å². The van der Waals surface area contributed by atoms with Crippen LogP contribution in [0, 0.1) is 22.5 Å². The first-order chi connectivity index (χ1) is 12.5. The van der Waals surface area contributed by atoms with Crippen molar-refractivity contribution in [2.75, 3.05) is 43.0 Å². The van der Waals surface area contributed by atoms with Crippen LogP contribution in [0.3, 0.4) is 0 Å². The highest BCUT2D eigenvalue weighted by molar-refractivity contribution is 9.09. The molecule has 1 aromatic rings. The summed E-state index contributed by atoms with van der Waals surface area (Å²) in [6, 6.07) is 2.75. The largest absolute Gasteiger partial charge is 0.335 e. The molecule has 1 fully saturated rings. The van der Waals surface area contributed by atoms with E-state index in [1.807, 2.05) is 9.21 Å². The number of nitro benzene ring substituents is 1. The lowest BCUT2D eigenvalue weighted by Crippen LogP contribution is -2.48. The number of anilines is 1. The molecular weight excluding hydrogens is 419 g/mol. The summed E-state index contributed by atoms with van der Waals surface area (Å²) in [6.07, 6.45) is 5.72. The van der Waals surface area contributed by atoms with Crippen LogP contribution in [0.5, 0.6) is 0 Å². The molecule has 2 aliphatic rings. The minimum Gasteiger partial charge on any atom is -0.335 e. The molecule has 0 bridgehead atoms. The lowest BCUT2D eigenvalue weighted by molar-refractivity contribution is -0.385. The predicted molar refractivity (Wildman–Crippen MR) is 109 cm³/mol. The minimum absolute atomic E-state index is 0.0856. The fraction of sp³-hybridized carbons (Fsp3) is 0.438.